The molecule has 1 fully saturated rings. The molecule has 0 radical (unpaired) electrons. The number of unbranched alkanes of at least 4 members (excludes halogenated alkanes) is 3. The van der Waals surface area contributed by atoms with Crippen LogP contribution in [0, 0.1) is 11.8 Å². The summed E-state index contributed by atoms with van der Waals surface area (Å²) in [6, 6.07) is 0. The van der Waals surface area contributed by atoms with Gasteiger partial charge in [0.05, 0.1) is 6.10 Å². The number of rotatable bonds is 8. The summed E-state index contributed by atoms with van der Waals surface area (Å²) in [6.45, 7) is 4.97. The van der Waals surface area contributed by atoms with Crippen LogP contribution in [0.3, 0.4) is 0 Å². The van der Waals surface area contributed by atoms with Gasteiger partial charge in [-0.2, -0.15) is 0 Å². The maximum atomic E-state index is 12.0. The molecule has 0 saturated heterocycles. The minimum atomic E-state index is -0.151. The zero-order valence-electron chi connectivity index (χ0n) is 12.7. The molecule has 3 heteroatoms. The molecule has 1 saturated carbocycles. The maximum Gasteiger partial charge on any atom is 0.222 e. The summed E-state index contributed by atoms with van der Waals surface area (Å²) >= 11 is 0. The van der Waals surface area contributed by atoms with Crippen molar-refractivity contribution in [2.24, 2.45) is 11.8 Å². The molecular formula is C16H31NO2. The van der Waals surface area contributed by atoms with Gasteiger partial charge in [0, 0.05) is 12.5 Å². The van der Waals surface area contributed by atoms with Gasteiger partial charge < -0.3 is 10.4 Å². The minimum absolute atomic E-state index is 0.130. The molecule has 3 unspecified atom stereocenters. The van der Waals surface area contributed by atoms with Gasteiger partial charge >= 0.3 is 0 Å². The first-order valence-corrected chi connectivity index (χ1v) is 8.09. The van der Waals surface area contributed by atoms with Crippen molar-refractivity contribution in [1.82, 2.24) is 5.32 Å². The third-order valence-electron chi connectivity index (χ3n) is 4.26. The third kappa shape index (κ3) is 6.95. The van der Waals surface area contributed by atoms with E-state index in [1.807, 2.05) is 6.92 Å². The first-order valence-electron chi connectivity index (χ1n) is 8.09. The van der Waals surface area contributed by atoms with Gasteiger partial charge in [0.1, 0.15) is 0 Å². The molecule has 2 N–H and O–H groups in total. The number of aliphatic hydroxyl groups excluding tert-OH is 1. The quantitative estimate of drug-likeness (QED) is 0.664. The second kappa shape index (κ2) is 9.35. The van der Waals surface area contributed by atoms with Gasteiger partial charge in [-0.3, -0.25) is 4.79 Å². The van der Waals surface area contributed by atoms with E-state index in [0.717, 1.165) is 45.1 Å². The molecule has 3 nitrogen and oxygen atoms in total. The smallest absolute Gasteiger partial charge is 0.222 e. The fourth-order valence-electron chi connectivity index (χ4n) is 2.88. The van der Waals surface area contributed by atoms with Crippen molar-refractivity contribution >= 4 is 5.91 Å². The molecule has 1 rings (SSSR count). The summed E-state index contributed by atoms with van der Waals surface area (Å²) < 4.78 is 0. The van der Waals surface area contributed by atoms with Crippen LogP contribution < -0.4 is 5.32 Å². The van der Waals surface area contributed by atoms with E-state index in [4.69, 9.17) is 0 Å². The van der Waals surface area contributed by atoms with Crippen LogP contribution in [0.15, 0.2) is 0 Å². The molecule has 0 aromatic carbocycles. The monoisotopic (exact) mass is 269 g/mol. The summed E-state index contributed by atoms with van der Waals surface area (Å²) in [7, 11) is 0. The molecule has 1 aliphatic carbocycles. The third-order valence-corrected chi connectivity index (χ3v) is 4.26. The zero-order chi connectivity index (χ0) is 14.1. The van der Waals surface area contributed by atoms with Crippen LogP contribution in [0.25, 0.3) is 0 Å². The Balaban J connectivity index is 2.11. The Kier molecular flexibility index (Phi) is 8.11. The van der Waals surface area contributed by atoms with Crippen molar-refractivity contribution in [3.63, 3.8) is 0 Å². The molecule has 1 amide bonds. The summed E-state index contributed by atoms with van der Waals surface area (Å²) in [6.07, 6.45) is 9.77. The number of hydrogen-bond acceptors (Lipinski definition) is 2. The van der Waals surface area contributed by atoms with Crippen molar-refractivity contribution in [3.05, 3.63) is 0 Å². The van der Waals surface area contributed by atoms with E-state index in [2.05, 4.69) is 12.2 Å². The van der Waals surface area contributed by atoms with E-state index >= 15 is 0 Å². The molecule has 0 bridgehead atoms. The molecule has 0 aromatic rings. The van der Waals surface area contributed by atoms with Gasteiger partial charge in [-0.05, 0) is 31.6 Å². The number of aliphatic hydroxyl groups is 1. The second-order valence-electron chi connectivity index (χ2n) is 6.18. The van der Waals surface area contributed by atoms with E-state index in [1.165, 1.54) is 19.3 Å². The average Bonchev–Trinajstić information content (AvgIpc) is 2.41. The fraction of sp³-hybridized carbons (Fsp3) is 0.938. The fourth-order valence-corrected chi connectivity index (χ4v) is 2.88. The number of hydrogen-bond donors (Lipinski definition) is 2. The molecular weight excluding hydrogens is 238 g/mol. The number of amides is 1. The highest BCUT2D eigenvalue weighted by atomic mass is 16.3. The van der Waals surface area contributed by atoms with Crippen LogP contribution in [-0.4, -0.2) is 23.7 Å². The maximum absolute atomic E-state index is 12.0. The molecule has 0 aliphatic heterocycles. The van der Waals surface area contributed by atoms with Gasteiger partial charge in [0.25, 0.3) is 0 Å². The lowest BCUT2D eigenvalue weighted by Gasteiger charge is -2.26. The average molecular weight is 269 g/mol. The molecule has 0 heterocycles. The van der Waals surface area contributed by atoms with Gasteiger partial charge in [-0.1, -0.05) is 46.0 Å². The lowest BCUT2D eigenvalue weighted by molar-refractivity contribution is -0.125. The molecule has 1 aliphatic rings. The van der Waals surface area contributed by atoms with Gasteiger partial charge in [-0.25, -0.2) is 0 Å². The van der Waals surface area contributed by atoms with Crippen molar-refractivity contribution in [3.8, 4) is 0 Å². The van der Waals surface area contributed by atoms with E-state index in [-0.39, 0.29) is 17.9 Å². The Morgan fingerprint density at radius 3 is 2.79 bits per heavy atom. The SMILES string of the molecule is CCCCCCC(C)C(=O)NCC1CCCC(O)C1. The van der Waals surface area contributed by atoms with Crippen LogP contribution in [-0.2, 0) is 4.79 Å². The van der Waals surface area contributed by atoms with Crippen LogP contribution >= 0.6 is 0 Å². The van der Waals surface area contributed by atoms with Crippen molar-refractivity contribution < 1.29 is 9.90 Å². The summed E-state index contributed by atoms with van der Waals surface area (Å²) in [5.74, 6) is 0.793. The number of carbonyl (C=O) groups is 1. The lowest BCUT2D eigenvalue weighted by Crippen LogP contribution is -2.35. The van der Waals surface area contributed by atoms with Gasteiger partial charge in [0.15, 0.2) is 0 Å². The summed E-state index contributed by atoms with van der Waals surface area (Å²) in [4.78, 5) is 12.0. The second-order valence-corrected chi connectivity index (χ2v) is 6.18. The predicted molar refractivity (Wildman–Crippen MR) is 78.9 cm³/mol. The molecule has 0 spiro atoms. The topological polar surface area (TPSA) is 49.3 Å². The first-order chi connectivity index (χ1) is 9.13. The van der Waals surface area contributed by atoms with E-state index in [0.29, 0.717) is 5.92 Å². The van der Waals surface area contributed by atoms with Gasteiger partial charge in [-0.15, -0.1) is 0 Å². The normalized spacial score (nSPS) is 25.0. The summed E-state index contributed by atoms with van der Waals surface area (Å²) in [5.41, 5.74) is 0. The van der Waals surface area contributed by atoms with Crippen molar-refractivity contribution in [2.75, 3.05) is 6.54 Å². The Hall–Kier alpha value is -0.570. The van der Waals surface area contributed by atoms with E-state index in [9.17, 15) is 9.90 Å². The van der Waals surface area contributed by atoms with Crippen LogP contribution in [0.5, 0.6) is 0 Å². The summed E-state index contributed by atoms with van der Waals surface area (Å²) in [5, 5.41) is 12.7. The number of nitrogens with one attached hydrogen (secondary N) is 1. The van der Waals surface area contributed by atoms with E-state index < -0.39 is 0 Å². The number of carbonyl (C=O) groups excluding carboxylic acids is 1. The lowest BCUT2D eigenvalue weighted by atomic mass is 9.87. The van der Waals surface area contributed by atoms with Gasteiger partial charge in [0.2, 0.25) is 5.91 Å². The largest absolute Gasteiger partial charge is 0.393 e. The molecule has 19 heavy (non-hydrogen) atoms. The Morgan fingerprint density at radius 2 is 2.11 bits per heavy atom. The molecule has 3 atom stereocenters. The Morgan fingerprint density at radius 1 is 1.32 bits per heavy atom. The molecule has 0 aromatic heterocycles. The highest BCUT2D eigenvalue weighted by molar-refractivity contribution is 5.78. The zero-order valence-corrected chi connectivity index (χ0v) is 12.7. The van der Waals surface area contributed by atoms with Crippen LogP contribution in [0.1, 0.15) is 71.6 Å². The van der Waals surface area contributed by atoms with Crippen LogP contribution in [0.2, 0.25) is 0 Å². The predicted octanol–water partition coefficient (Wildman–Crippen LogP) is 3.26. The van der Waals surface area contributed by atoms with Crippen molar-refractivity contribution in [1.29, 1.82) is 0 Å². The highest BCUT2D eigenvalue weighted by Crippen LogP contribution is 2.23. The Bertz CT molecular complexity index is 255. The first kappa shape index (κ1) is 16.5. The minimum Gasteiger partial charge on any atom is -0.393 e. The molecule has 112 valence electrons. The van der Waals surface area contributed by atoms with Crippen LogP contribution in [0.4, 0.5) is 0 Å². The standard InChI is InChI=1S/C16H31NO2/c1-3-4-5-6-8-13(2)16(19)17-12-14-9-7-10-15(18)11-14/h13-15,18H,3-12H2,1-2H3,(H,17,19). The van der Waals surface area contributed by atoms with E-state index in [1.54, 1.807) is 0 Å². The Labute approximate surface area is 118 Å². The highest BCUT2D eigenvalue weighted by Gasteiger charge is 2.21. The van der Waals surface area contributed by atoms with Crippen molar-refractivity contribution in [2.45, 2.75) is 77.7 Å².